The molecule has 1 atom stereocenters. The van der Waals surface area contributed by atoms with Gasteiger partial charge in [-0.1, -0.05) is 5.16 Å². The van der Waals surface area contributed by atoms with E-state index in [4.69, 9.17) is 9.26 Å². The average Bonchev–Trinajstić information content (AvgIpc) is 3.29. The zero-order valence-corrected chi connectivity index (χ0v) is 14.8. The van der Waals surface area contributed by atoms with Crippen LogP contribution in [0, 0.1) is 13.8 Å². The number of aromatic nitrogens is 4. The number of hydrogen-bond donors (Lipinski definition) is 1. The van der Waals surface area contributed by atoms with E-state index in [1.54, 1.807) is 0 Å². The maximum atomic E-state index is 11.9. The highest BCUT2D eigenvalue weighted by atomic mass is 16.5. The van der Waals surface area contributed by atoms with Crippen molar-refractivity contribution in [2.24, 2.45) is 0 Å². The van der Waals surface area contributed by atoms with Crippen LogP contribution in [0.15, 0.2) is 10.6 Å². The van der Waals surface area contributed by atoms with Crippen molar-refractivity contribution in [1.29, 1.82) is 0 Å². The van der Waals surface area contributed by atoms with Gasteiger partial charge < -0.3 is 14.6 Å². The normalized spacial score (nSPS) is 17.1. The van der Waals surface area contributed by atoms with Crippen molar-refractivity contribution >= 4 is 5.91 Å². The van der Waals surface area contributed by atoms with Crippen molar-refractivity contribution in [2.75, 3.05) is 13.2 Å². The first-order valence-corrected chi connectivity index (χ1v) is 8.83. The van der Waals surface area contributed by atoms with Gasteiger partial charge in [0.15, 0.2) is 5.82 Å². The molecule has 8 heteroatoms. The van der Waals surface area contributed by atoms with Crippen molar-refractivity contribution in [2.45, 2.75) is 58.6 Å². The van der Waals surface area contributed by atoms with Gasteiger partial charge in [0, 0.05) is 38.2 Å². The zero-order valence-electron chi connectivity index (χ0n) is 14.8. The highest BCUT2D eigenvalue weighted by Gasteiger charge is 2.23. The second kappa shape index (κ2) is 8.24. The number of rotatable bonds is 8. The molecular formula is C17H25N5O3. The maximum absolute atomic E-state index is 11.9. The number of amides is 1. The molecule has 1 amide bonds. The molecule has 0 saturated carbocycles. The Hall–Kier alpha value is -2.22. The summed E-state index contributed by atoms with van der Waals surface area (Å²) in [5.74, 6) is 1.18. The molecule has 1 fully saturated rings. The summed E-state index contributed by atoms with van der Waals surface area (Å²) in [6.45, 7) is 6.00. The number of ether oxygens (including phenoxy) is 1. The zero-order chi connectivity index (χ0) is 17.6. The predicted molar refractivity (Wildman–Crippen MR) is 89.9 cm³/mol. The molecule has 0 bridgehead atoms. The lowest BCUT2D eigenvalue weighted by molar-refractivity contribution is -0.121. The van der Waals surface area contributed by atoms with Gasteiger partial charge in [0.1, 0.15) is 6.10 Å². The van der Waals surface area contributed by atoms with E-state index in [2.05, 4.69) is 20.6 Å². The Kier molecular flexibility index (Phi) is 5.80. The first-order chi connectivity index (χ1) is 12.1. The SMILES string of the molecule is Cc1cc(C)n(CCCC(=O)NCCc2noc(C3CCCO3)n2)n1. The summed E-state index contributed by atoms with van der Waals surface area (Å²) in [5.41, 5.74) is 2.13. The van der Waals surface area contributed by atoms with Crippen LogP contribution in [-0.4, -0.2) is 39.0 Å². The van der Waals surface area contributed by atoms with Crippen LogP contribution in [0.3, 0.4) is 0 Å². The molecule has 2 aromatic rings. The summed E-state index contributed by atoms with van der Waals surface area (Å²) in [6, 6.07) is 2.04. The highest BCUT2D eigenvalue weighted by Crippen LogP contribution is 2.26. The van der Waals surface area contributed by atoms with Crippen molar-refractivity contribution in [1.82, 2.24) is 25.2 Å². The van der Waals surface area contributed by atoms with E-state index < -0.39 is 0 Å². The number of hydrogen-bond acceptors (Lipinski definition) is 6. The third-order valence-electron chi connectivity index (χ3n) is 4.24. The Morgan fingerprint density at radius 2 is 2.32 bits per heavy atom. The van der Waals surface area contributed by atoms with E-state index in [0.29, 0.717) is 31.1 Å². The second-order valence-corrected chi connectivity index (χ2v) is 6.40. The molecule has 0 spiro atoms. The predicted octanol–water partition coefficient (Wildman–Crippen LogP) is 1.87. The molecule has 3 rings (SSSR count). The number of carbonyl (C=O) groups is 1. The minimum absolute atomic E-state index is 0.0318. The molecule has 8 nitrogen and oxygen atoms in total. The summed E-state index contributed by atoms with van der Waals surface area (Å²) in [6.07, 6.45) is 3.68. The lowest BCUT2D eigenvalue weighted by Gasteiger charge is -2.05. The van der Waals surface area contributed by atoms with E-state index in [0.717, 1.165) is 43.8 Å². The quantitative estimate of drug-likeness (QED) is 0.783. The summed E-state index contributed by atoms with van der Waals surface area (Å²) < 4.78 is 12.7. The number of nitrogens with zero attached hydrogens (tertiary/aromatic N) is 4. The van der Waals surface area contributed by atoms with Crippen molar-refractivity contribution < 1.29 is 14.1 Å². The second-order valence-electron chi connectivity index (χ2n) is 6.40. The summed E-state index contributed by atoms with van der Waals surface area (Å²) in [7, 11) is 0. The van der Waals surface area contributed by atoms with Crippen molar-refractivity contribution in [3.05, 3.63) is 29.2 Å². The van der Waals surface area contributed by atoms with Gasteiger partial charge >= 0.3 is 0 Å². The Morgan fingerprint density at radius 1 is 1.44 bits per heavy atom. The number of carbonyl (C=O) groups excluding carboxylic acids is 1. The van der Waals surface area contributed by atoms with Crippen LogP contribution in [0.2, 0.25) is 0 Å². The van der Waals surface area contributed by atoms with Crippen molar-refractivity contribution in [3.63, 3.8) is 0 Å². The van der Waals surface area contributed by atoms with E-state index in [1.807, 2.05) is 24.6 Å². The molecule has 1 saturated heterocycles. The van der Waals surface area contributed by atoms with Crippen LogP contribution in [0.5, 0.6) is 0 Å². The molecule has 0 aliphatic carbocycles. The Balaban J connectivity index is 1.33. The third kappa shape index (κ3) is 4.88. The monoisotopic (exact) mass is 347 g/mol. The molecule has 1 unspecified atom stereocenters. The summed E-state index contributed by atoms with van der Waals surface area (Å²) in [4.78, 5) is 16.2. The summed E-state index contributed by atoms with van der Waals surface area (Å²) >= 11 is 0. The van der Waals surface area contributed by atoms with Crippen LogP contribution < -0.4 is 5.32 Å². The fourth-order valence-corrected chi connectivity index (χ4v) is 2.97. The molecular weight excluding hydrogens is 322 g/mol. The van der Waals surface area contributed by atoms with Gasteiger partial charge in [-0.25, -0.2) is 0 Å². The first kappa shape index (κ1) is 17.6. The van der Waals surface area contributed by atoms with E-state index in [-0.39, 0.29) is 12.0 Å². The van der Waals surface area contributed by atoms with Gasteiger partial charge in [0.05, 0.1) is 5.69 Å². The van der Waals surface area contributed by atoms with Crippen LogP contribution in [0.4, 0.5) is 0 Å². The van der Waals surface area contributed by atoms with Gasteiger partial charge in [-0.05, 0) is 39.2 Å². The fourth-order valence-electron chi connectivity index (χ4n) is 2.97. The third-order valence-corrected chi connectivity index (χ3v) is 4.24. The molecule has 25 heavy (non-hydrogen) atoms. The minimum Gasteiger partial charge on any atom is -0.368 e. The Morgan fingerprint density at radius 3 is 3.04 bits per heavy atom. The van der Waals surface area contributed by atoms with Crippen molar-refractivity contribution in [3.8, 4) is 0 Å². The largest absolute Gasteiger partial charge is 0.368 e. The molecule has 0 aromatic carbocycles. The molecule has 2 aromatic heterocycles. The molecule has 1 aliphatic rings. The number of aryl methyl sites for hydroxylation is 3. The van der Waals surface area contributed by atoms with Crippen LogP contribution in [0.1, 0.15) is 54.9 Å². The molecule has 136 valence electrons. The molecule has 1 N–H and O–H groups in total. The fraction of sp³-hybridized carbons (Fsp3) is 0.647. The maximum Gasteiger partial charge on any atom is 0.255 e. The first-order valence-electron chi connectivity index (χ1n) is 8.83. The summed E-state index contributed by atoms with van der Waals surface area (Å²) in [5, 5.41) is 11.2. The van der Waals surface area contributed by atoms with Crippen LogP contribution >= 0.6 is 0 Å². The van der Waals surface area contributed by atoms with Crippen LogP contribution in [-0.2, 0) is 22.5 Å². The van der Waals surface area contributed by atoms with Crippen LogP contribution in [0.25, 0.3) is 0 Å². The lowest BCUT2D eigenvalue weighted by Crippen LogP contribution is -2.26. The van der Waals surface area contributed by atoms with E-state index in [1.165, 1.54) is 0 Å². The Labute approximate surface area is 146 Å². The molecule has 1 aliphatic heterocycles. The van der Waals surface area contributed by atoms with E-state index in [9.17, 15) is 4.79 Å². The van der Waals surface area contributed by atoms with Gasteiger partial charge in [0.2, 0.25) is 5.91 Å². The van der Waals surface area contributed by atoms with Gasteiger partial charge in [0.25, 0.3) is 5.89 Å². The minimum atomic E-state index is -0.0646. The smallest absolute Gasteiger partial charge is 0.255 e. The van der Waals surface area contributed by atoms with Gasteiger partial charge in [-0.2, -0.15) is 10.1 Å². The van der Waals surface area contributed by atoms with E-state index >= 15 is 0 Å². The van der Waals surface area contributed by atoms with Gasteiger partial charge in [-0.15, -0.1) is 0 Å². The average molecular weight is 347 g/mol. The lowest BCUT2D eigenvalue weighted by atomic mass is 10.2. The topological polar surface area (TPSA) is 95.1 Å². The van der Waals surface area contributed by atoms with Gasteiger partial charge in [-0.3, -0.25) is 9.48 Å². The Bertz CT molecular complexity index is 703. The highest BCUT2D eigenvalue weighted by molar-refractivity contribution is 5.75. The standard InChI is InChI=1S/C17H25N5O3/c1-12-11-13(2)22(20-12)9-3-6-16(23)18-8-7-15-19-17(25-21-15)14-5-4-10-24-14/h11,14H,3-10H2,1-2H3,(H,18,23). The number of nitrogens with one attached hydrogen (secondary N) is 1. The molecule has 3 heterocycles. The molecule has 0 radical (unpaired) electrons.